The molecule has 1 unspecified atom stereocenters. The van der Waals surface area contributed by atoms with Crippen molar-refractivity contribution in [2.45, 2.75) is 25.2 Å². The van der Waals surface area contributed by atoms with Crippen LogP contribution in [0, 0.1) is 5.92 Å². The summed E-state index contributed by atoms with van der Waals surface area (Å²) in [6, 6.07) is 13.8. The summed E-state index contributed by atoms with van der Waals surface area (Å²) < 4.78 is 6.32. The summed E-state index contributed by atoms with van der Waals surface area (Å²) in [5.74, 6) is 0.562. The van der Waals surface area contributed by atoms with Gasteiger partial charge in [-0.25, -0.2) is 0 Å². The molecule has 32 heavy (non-hydrogen) atoms. The Morgan fingerprint density at radius 2 is 1.91 bits per heavy atom. The second kappa shape index (κ2) is 8.62. The Bertz CT molecular complexity index is 1170. The van der Waals surface area contributed by atoms with Crippen molar-refractivity contribution in [2.75, 3.05) is 31.6 Å². The maximum absolute atomic E-state index is 13.2. The van der Waals surface area contributed by atoms with Gasteiger partial charge in [-0.3, -0.25) is 9.59 Å². The summed E-state index contributed by atoms with van der Waals surface area (Å²) >= 11 is 3.46. The van der Waals surface area contributed by atoms with Crippen LogP contribution in [0.4, 0.5) is 5.69 Å². The fraction of sp³-hybridized carbons (Fsp3) is 0.360. The minimum atomic E-state index is -0.567. The Labute approximate surface area is 195 Å². The lowest BCUT2D eigenvalue weighted by Gasteiger charge is -2.33. The number of rotatable bonds is 4. The number of methoxy groups -OCH3 is 1. The quantitative estimate of drug-likeness (QED) is 0.533. The van der Waals surface area contributed by atoms with Crippen LogP contribution in [0.15, 0.2) is 53.1 Å². The van der Waals surface area contributed by atoms with Crippen LogP contribution in [0.3, 0.4) is 0 Å². The number of halogens is 1. The number of aromatic nitrogens is 1. The highest BCUT2D eigenvalue weighted by molar-refractivity contribution is 9.10. The second-order valence-corrected chi connectivity index (χ2v) is 9.48. The predicted molar refractivity (Wildman–Crippen MR) is 128 cm³/mol. The highest BCUT2D eigenvalue weighted by Crippen LogP contribution is 2.36. The second-order valence-electron chi connectivity index (χ2n) is 8.57. The Morgan fingerprint density at radius 3 is 2.66 bits per heavy atom. The Kier molecular flexibility index (Phi) is 5.67. The van der Waals surface area contributed by atoms with E-state index in [1.165, 1.54) is 10.9 Å². The van der Waals surface area contributed by atoms with E-state index in [-0.39, 0.29) is 11.8 Å². The van der Waals surface area contributed by atoms with E-state index in [2.05, 4.69) is 33.2 Å². The minimum Gasteiger partial charge on any atom is -0.497 e. The molecule has 0 saturated carbocycles. The van der Waals surface area contributed by atoms with Gasteiger partial charge >= 0.3 is 0 Å². The fourth-order valence-electron chi connectivity index (χ4n) is 5.03. The van der Waals surface area contributed by atoms with E-state index < -0.39 is 5.92 Å². The standard InChI is InChI=1S/C25H26BrN3O3/c1-32-19-5-6-23-21(14-19)22(15-27-23)16-7-10-28(11-8-16)24(30)20-9-12-29(25(20)31)18-4-2-3-17(26)13-18/h2-6,13-16,20,27H,7-12H2,1H3. The molecule has 0 aliphatic carbocycles. The number of aromatic amines is 1. The molecule has 2 aliphatic rings. The average Bonchev–Trinajstić information content (AvgIpc) is 3.41. The smallest absolute Gasteiger partial charge is 0.239 e. The van der Waals surface area contributed by atoms with E-state index in [1.807, 2.05) is 41.3 Å². The zero-order valence-electron chi connectivity index (χ0n) is 18.0. The van der Waals surface area contributed by atoms with E-state index >= 15 is 0 Å². The van der Waals surface area contributed by atoms with Gasteiger partial charge in [-0.15, -0.1) is 0 Å². The van der Waals surface area contributed by atoms with Crippen molar-refractivity contribution in [1.82, 2.24) is 9.88 Å². The number of fused-ring (bicyclic) bond motifs is 1. The molecule has 2 fully saturated rings. The third-order valence-electron chi connectivity index (χ3n) is 6.79. The molecule has 2 saturated heterocycles. The number of hydrogen-bond acceptors (Lipinski definition) is 3. The third kappa shape index (κ3) is 3.79. The molecule has 3 aromatic rings. The van der Waals surface area contributed by atoms with Crippen molar-refractivity contribution in [3.8, 4) is 5.75 Å². The first-order valence-electron chi connectivity index (χ1n) is 11.1. The summed E-state index contributed by atoms with van der Waals surface area (Å²) in [5, 5.41) is 1.18. The summed E-state index contributed by atoms with van der Waals surface area (Å²) in [6.45, 7) is 1.95. The average molecular weight is 496 g/mol. The van der Waals surface area contributed by atoms with Crippen LogP contribution in [-0.4, -0.2) is 48.4 Å². The zero-order valence-corrected chi connectivity index (χ0v) is 19.6. The lowest BCUT2D eigenvalue weighted by atomic mass is 9.88. The first kappa shape index (κ1) is 21.1. The summed E-state index contributed by atoms with van der Waals surface area (Å²) in [7, 11) is 1.68. The molecular weight excluding hydrogens is 470 g/mol. The largest absolute Gasteiger partial charge is 0.497 e. The van der Waals surface area contributed by atoms with E-state index in [0.717, 1.165) is 34.3 Å². The van der Waals surface area contributed by atoms with Gasteiger partial charge in [-0.05, 0) is 67.1 Å². The molecule has 0 bridgehead atoms. The van der Waals surface area contributed by atoms with Crippen LogP contribution in [0.2, 0.25) is 0 Å². The number of piperidine rings is 1. The number of anilines is 1. The molecule has 7 heteroatoms. The van der Waals surface area contributed by atoms with Gasteiger partial charge in [0.1, 0.15) is 11.7 Å². The first-order valence-corrected chi connectivity index (χ1v) is 11.8. The summed E-state index contributed by atoms with van der Waals surface area (Å²) in [4.78, 5) is 33.2. The molecule has 166 valence electrons. The molecule has 3 heterocycles. The van der Waals surface area contributed by atoms with Crippen LogP contribution in [0.1, 0.15) is 30.7 Å². The molecule has 1 N–H and O–H groups in total. The topological polar surface area (TPSA) is 65.6 Å². The number of ether oxygens (including phenoxy) is 1. The van der Waals surface area contributed by atoms with E-state index in [9.17, 15) is 9.59 Å². The van der Waals surface area contributed by atoms with Crippen LogP contribution in [-0.2, 0) is 9.59 Å². The third-order valence-corrected chi connectivity index (χ3v) is 7.28. The van der Waals surface area contributed by atoms with Crippen molar-refractivity contribution in [3.63, 3.8) is 0 Å². The molecule has 0 spiro atoms. The van der Waals surface area contributed by atoms with Crippen molar-refractivity contribution in [2.24, 2.45) is 5.92 Å². The number of H-pyrrole nitrogens is 1. The number of benzene rings is 2. The highest BCUT2D eigenvalue weighted by atomic mass is 79.9. The van der Waals surface area contributed by atoms with Crippen molar-refractivity contribution < 1.29 is 14.3 Å². The van der Waals surface area contributed by atoms with E-state index in [0.29, 0.717) is 32.0 Å². The lowest BCUT2D eigenvalue weighted by Crippen LogP contribution is -2.43. The van der Waals surface area contributed by atoms with Gasteiger partial charge < -0.3 is 19.5 Å². The van der Waals surface area contributed by atoms with Gasteiger partial charge in [0.05, 0.1) is 7.11 Å². The molecule has 0 radical (unpaired) electrons. The van der Waals surface area contributed by atoms with Gasteiger partial charge in [-0.2, -0.15) is 0 Å². The molecule has 2 amide bonds. The number of hydrogen-bond donors (Lipinski definition) is 1. The Balaban J connectivity index is 1.25. The van der Waals surface area contributed by atoms with Gasteiger partial charge in [0.25, 0.3) is 0 Å². The van der Waals surface area contributed by atoms with Crippen molar-refractivity contribution in [1.29, 1.82) is 0 Å². The van der Waals surface area contributed by atoms with Crippen LogP contribution >= 0.6 is 15.9 Å². The molecule has 1 atom stereocenters. The molecular formula is C25H26BrN3O3. The molecule has 2 aliphatic heterocycles. The first-order chi connectivity index (χ1) is 15.5. The lowest BCUT2D eigenvalue weighted by molar-refractivity contribution is -0.140. The van der Waals surface area contributed by atoms with Gasteiger partial charge in [0.15, 0.2) is 0 Å². The SMILES string of the molecule is COc1ccc2[nH]cc(C3CCN(C(=O)C4CCN(c5cccc(Br)c5)C4=O)CC3)c2c1. The van der Waals surface area contributed by atoms with E-state index in [4.69, 9.17) is 4.74 Å². The summed E-state index contributed by atoms with van der Waals surface area (Å²) in [6.07, 6.45) is 4.45. The number of nitrogens with zero attached hydrogens (tertiary/aromatic N) is 2. The van der Waals surface area contributed by atoms with Gasteiger partial charge in [0, 0.05) is 46.9 Å². The predicted octanol–water partition coefficient (Wildman–Crippen LogP) is 4.70. The monoisotopic (exact) mass is 495 g/mol. The maximum Gasteiger partial charge on any atom is 0.239 e. The zero-order chi connectivity index (χ0) is 22.2. The van der Waals surface area contributed by atoms with Crippen molar-refractivity contribution >= 4 is 44.3 Å². The Morgan fingerprint density at radius 1 is 1.09 bits per heavy atom. The number of nitrogens with one attached hydrogen (secondary N) is 1. The van der Waals surface area contributed by atoms with Gasteiger partial charge in [-0.1, -0.05) is 22.0 Å². The van der Waals surface area contributed by atoms with Gasteiger partial charge in [0.2, 0.25) is 11.8 Å². The molecule has 5 rings (SSSR count). The maximum atomic E-state index is 13.2. The molecule has 2 aromatic carbocycles. The number of likely N-dealkylation sites (tertiary alicyclic amines) is 1. The summed E-state index contributed by atoms with van der Waals surface area (Å²) in [5.41, 5.74) is 3.22. The van der Waals surface area contributed by atoms with E-state index in [1.54, 1.807) is 12.0 Å². The number of carbonyl (C=O) groups is 2. The van der Waals surface area contributed by atoms with Crippen molar-refractivity contribution in [3.05, 3.63) is 58.7 Å². The van der Waals surface area contributed by atoms with Crippen LogP contribution in [0.25, 0.3) is 10.9 Å². The molecule has 1 aromatic heterocycles. The molecule has 6 nitrogen and oxygen atoms in total. The number of amides is 2. The normalized spacial score (nSPS) is 19.7. The highest BCUT2D eigenvalue weighted by Gasteiger charge is 2.40. The number of carbonyl (C=O) groups excluding carboxylic acids is 2. The fourth-order valence-corrected chi connectivity index (χ4v) is 5.41. The van der Waals surface area contributed by atoms with Crippen LogP contribution < -0.4 is 9.64 Å². The van der Waals surface area contributed by atoms with Crippen LogP contribution in [0.5, 0.6) is 5.75 Å². The minimum absolute atomic E-state index is 0.0217. The Hall–Kier alpha value is -2.80.